The SMILES string of the molecule is ON(O)c1ccc(F)c(F)c1. The van der Waals surface area contributed by atoms with Crippen LogP contribution in [0.5, 0.6) is 0 Å². The van der Waals surface area contributed by atoms with E-state index >= 15 is 0 Å². The Kier molecular flexibility index (Phi) is 2.02. The third kappa shape index (κ3) is 1.63. The Balaban J connectivity index is 3.05. The van der Waals surface area contributed by atoms with Crippen molar-refractivity contribution < 1.29 is 19.2 Å². The van der Waals surface area contributed by atoms with Crippen LogP contribution in [0.3, 0.4) is 0 Å². The van der Waals surface area contributed by atoms with Crippen molar-refractivity contribution in [1.29, 1.82) is 0 Å². The molecule has 60 valence electrons. The Morgan fingerprint density at radius 3 is 2.18 bits per heavy atom. The van der Waals surface area contributed by atoms with Crippen LogP contribution in [0.4, 0.5) is 14.5 Å². The van der Waals surface area contributed by atoms with Crippen LogP contribution in [0.15, 0.2) is 18.2 Å². The van der Waals surface area contributed by atoms with Crippen LogP contribution < -0.4 is 5.23 Å². The quantitative estimate of drug-likeness (QED) is 0.614. The number of halogens is 2. The molecule has 0 heterocycles. The Bertz CT molecular complexity index is 265. The molecule has 0 saturated heterocycles. The molecule has 0 aliphatic rings. The molecule has 0 aliphatic carbocycles. The van der Waals surface area contributed by atoms with E-state index in [0.717, 1.165) is 12.1 Å². The fraction of sp³-hybridized carbons (Fsp3) is 0. The highest BCUT2D eigenvalue weighted by Gasteiger charge is 2.04. The maximum Gasteiger partial charge on any atom is 0.161 e. The molecule has 5 heteroatoms. The van der Waals surface area contributed by atoms with Gasteiger partial charge in [0, 0.05) is 6.07 Å². The molecule has 3 nitrogen and oxygen atoms in total. The molecule has 0 saturated carbocycles. The van der Waals surface area contributed by atoms with Crippen LogP contribution in [0.25, 0.3) is 0 Å². The average molecular weight is 161 g/mol. The van der Waals surface area contributed by atoms with Gasteiger partial charge in [-0.15, -0.1) is 5.23 Å². The summed E-state index contributed by atoms with van der Waals surface area (Å²) < 4.78 is 24.5. The average Bonchev–Trinajstić information content (AvgIpc) is 1.94. The van der Waals surface area contributed by atoms with E-state index in [1.165, 1.54) is 0 Å². The molecule has 0 aromatic heterocycles. The molecular weight excluding hydrogens is 156 g/mol. The zero-order chi connectivity index (χ0) is 8.43. The summed E-state index contributed by atoms with van der Waals surface area (Å²) in [7, 11) is 0. The van der Waals surface area contributed by atoms with E-state index in [0.29, 0.717) is 6.07 Å². The summed E-state index contributed by atoms with van der Waals surface area (Å²) in [5, 5.41) is 16.4. The lowest BCUT2D eigenvalue weighted by Gasteiger charge is -2.06. The van der Waals surface area contributed by atoms with E-state index in [4.69, 9.17) is 10.4 Å². The van der Waals surface area contributed by atoms with Gasteiger partial charge in [0.25, 0.3) is 0 Å². The summed E-state index contributed by atoms with van der Waals surface area (Å²) in [5.74, 6) is -2.16. The van der Waals surface area contributed by atoms with Crippen molar-refractivity contribution in [3.8, 4) is 0 Å². The summed E-state index contributed by atoms with van der Waals surface area (Å²) in [6.45, 7) is 0. The molecule has 0 amide bonds. The van der Waals surface area contributed by atoms with E-state index < -0.39 is 11.6 Å². The van der Waals surface area contributed by atoms with Crippen molar-refractivity contribution in [1.82, 2.24) is 0 Å². The van der Waals surface area contributed by atoms with Gasteiger partial charge in [0.15, 0.2) is 11.6 Å². The predicted octanol–water partition coefficient (Wildman–Crippen LogP) is 1.55. The molecule has 11 heavy (non-hydrogen) atoms. The van der Waals surface area contributed by atoms with Crippen molar-refractivity contribution in [2.75, 3.05) is 5.23 Å². The van der Waals surface area contributed by atoms with Crippen molar-refractivity contribution in [3.05, 3.63) is 29.8 Å². The molecule has 1 aromatic rings. The van der Waals surface area contributed by atoms with Gasteiger partial charge in [0.1, 0.15) is 0 Å². The van der Waals surface area contributed by atoms with Gasteiger partial charge in [-0.05, 0) is 12.1 Å². The van der Waals surface area contributed by atoms with E-state index in [1.54, 1.807) is 0 Å². The lowest BCUT2D eigenvalue weighted by atomic mass is 10.3. The summed E-state index contributed by atoms with van der Waals surface area (Å²) in [6.07, 6.45) is 0. The topological polar surface area (TPSA) is 43.7 Å². The Morgan fingerprint density at radius 1 is 1.09 bits per heavy atom. The maximum atomic E-state index is 12.3. The first-order chi connectivity index (χ1) is 5.11. The van der Waals surface area contributed by atoms with E-state index in [-0.39, 0.29) is 10.9 Å². The second kappa shape index (κ2) is 2.81. The number of benzene rings is 1. The highest BCUT2D eigenvalue weighted by Crippen LogP contribution is 2.14. The third-order valence-electron chi connectivity index (χ3n) is 1.13. The first kappa shape index (κ1) is 7.90. The largest absolute Gasteiger partial charge is 0.264 e. The molecular formula is C6H5F2NO2. The van der Waals surface area contributed by atoms with E-state index in [1.807, 2.05) is 0 Å². The molecule has 0 aliphatic heterocycles. The number of nitrogens with zero attached hydrogens (tertiary/aromatic N) is 1. The number of hydrogen-bond donors (Lipinski definition) is 2. The number of hydrogen-bond acceptors (Lipinski definition) is 3. The van der Waals surface area contributed by atoms with Crippen LogP contribution in [-0.2, 0) is 0 Å². The van der Waals surface area contributed by atoms with Gasteiger partial charge in [0.05, 0.1) is 5.69 Å². The molecule has 1 aromatic carbocycles. The Labute approximate surface area is 61.0 Å². The highest BCUT2D eigenvalue weighted by atomic mass is 19.2. The van der Waals surface area contributed by atoms with Crippen molar-refractivity contribution >= 4 is 5.69 Å². The van der Waals surface area contributed by atoms with Crippen molar-refractivity contribution in [2.24, 2.45) is 0 Å². The molecule has 0 unspecified atom stereocenters. The van der Waals surface area contributed by atoms with Crippen LogP contribution in [0.1, 0.15) is 0 Å². The Hall–Kier alpha value is -1.20. The second-order valence-electron chi connectivity index (χ2n) is 1.89. The van der Waals surface area contributed by atoms with Gasteiger partial charge in [-0.25, -0.2) is 8.78 Å². The molecule has 0 radical (unpaired) electrons. The standard InChI is InChI=1S/C6H5F2NO2/c7-5-2-1-4(9(10)11)3-6(5)8/h1-3,10-11H. The van der Waals surface area contributed by atoms with Gasteiger partial charge < -0.3 is 0 Å². The van der Waals surface area contributed by atoms with Gasteiger partial charge in [-0.2, -0.15) is 0 Å². The molecule has 0 fully saturated rings. The van der Waals surface area contributed by atoms with Crippen LogP contribution >= 0.6 is 0 Å². The lowest BCUT2D eigenvalue weighted by molar-refractivity contribution is 0.0289. The van der Waals surface area contributed by atoms with Gasteiger partial charge >= 0.3 is 0 Å². The monoisotopic (exact) mass is 161 g/mol. The third-order valence-corrected chi connectivity index (χ3v) is 1.13. The van der Waals surface area contributed by atoms with Crippen molar-refractivity contribution in [2.45, 2.75) is 0 Å². The lowest BCUT2D eigenvalue weighted by Crippen LogP contribution is -2.11. The first-order valence-corrected chi connectivity index (χ1v) is 2.74. The van der Waals surface area contributed by atoms with E-state index in [9.17, 15) is 8.78 Å². The normalized spacial score (nSPS) is 9.82. The first-order valence-electron chi connectivity index (χ1n) is 2.74. The summed E-state index contributed by atoms with van der Waals surface area (Å²) in [4.78, 5) is 0. The minimum absolute atomic E-state index is 0.232. The highest BCUT2D eigenvalue weighted by molar-refractivity contribution is 5.41. The fourth-order valence-corrected chi connectivity index (χ4v) is 0.609. The molecule has 0 atom stereocenters. The van der Waals surface area contributed by atoms with Crippen LogP contribution in [-0.4, -0.2) is 10.4 Å². The summed E-state index contributed by atoms with van der Waals surface area (Å²) >= 11 is 0. The van der Waals surface area contributed by atoms with Gasteiger partial charge in [-0.1, -0.05) is 0 Å². The minimum atomic E-state index is -1.13. The number of rotatable bonds is 1. The van der Waals surface area contributed by atoms with Crippen molar-refractivity contribution in [3.63, 3.8) is 0 Å². The smallest absolute Gasteiger partial charge is 0.161 e. The van der Waals surface area contributed by atoms with Gasteiger partial charge in [-0.3, -0.25) is 10.4 Å². The van der Waals surface area contributed by atoms with Crippen LogP contribution in [0, 0.1) is 11.6 Å². The van der Waals surface area contributed by atoms with Crippen LogP contribution in [0.2, 0.25) is 0 Å². The second-order valence-corrected chi connectivity index (χ2v) is 1.89. The minimum Gasteiger partial charge on any atom is -0.264 e. The van der Waals surface area contributed by atoms with Gasteiger partial charge in [0.2, 0.25) is 0 Å². The fourth-order valence-electron chi connectivity index (χ4n) is 0.609. The molecule has 2 N–H and O–H groups in total. The van der Waals surface area contributed by atoms with E-state index in [2.05, 4.69) is 0 Å². The number of anilines is 1. The molecule has 0 spiro atoms. The predicted molar refractivity (Wildman–Crippen MR) is 32.4 cm³/mol. The summed E-state index contributed by atoms with van der Waals surface area (Å²) in [5.41, 5.74) is -0.232. The summed E-state index contributed by atoms with van der Waals surface area (Å²) in [6, 6.07) is 2.48. The molecule has 0 bridgehead atoms. The zero-order valence-corrected chi connectivity index (χ0v) is 5.33. The molecule has 1 rings (SSSR count). The maximum absolute atomic E-state index is 12.3. The Morgan fingerprint density at radius 2 is 1.73 bits per heavy atom. The zero-order valence-electron chi connectivity index (χ0n) is 5.33.